The zero-order valence-electron chi connectivity index (χ0n) is 13.5. The lowest BCUT2D eigenvalue weighted by Crippen LogP contribution is -2.28. The Balaban J connectivity index is 1.90. The molecule has 1 N–H and O–H groups in total. The molecule has 1 aliphatic rings. The summed E-state index contributed by atoms with van der Waals surface area (Å²) in [4.78, 5) is 5.68. The third-order valence-corrected chi connectivity index (χ3v) is 5.36. The van der Waals surface area contributed by atoms with Crippen molar-refractivity contribution in [2.45, 2.75) is 66.1 Å². The molecule has 1 atom stereocenters. The minimum Gasteiger partial charge on any atom is -0.312 e. The molecule has 2 rings (SSSR count). The van der Waals surface area contributed by atoms with Gasteiger partial charge in [0.15, 0.2) is 0 Å². The first-order valence-corrected chi connectivity index (χ1v) is 8.94. The summed E-state index contributed by atoms with van der Waals surface area (Å²) in [6, 6.07) is 3.25. The van der Waals surface area contributed by atoms with Crippen molar-refractivity contribution in [1.29, 1.82) is 0 Å². The molecule has 2 nitrogen and oxygen atoms in total. The van der Waals surface area contributed by atoms with Crippen molar-refractivity contribution in [3.05, 3.63) is 21.4 Å². The van der Waals surface area contributed by atoms with E-state index in [0.717, 1.165) is 31.6 Å². The van der Waals surface area contributed by atoms with E-state index in [0.29, 0.717) is 0 Å². The fraction of sp³-hybridized carbons (Fsp3) is 0.765. The van der Waals surface area contributed by atoms with E-state index in [9.17, 15) is 0 Å². The Morgan fingerprint density at radius 3 is 2.95 bits per heavy atom. The number of aryl methyl sites for hydroxylation is 1. The molecule has 2 heterocycles. The van der Waals surface area contributed by atoms with Gasteiger partial charge in [0.05, 0.1) is 0 Å². The molecule has 0 saturated carbocycles. The number of thiophene rings is 1. The SMILES string of the molecule is CCC1CCCN1Cc1cc(CNCC(C)C)sc1C. The Kier molecular flexibility index (Phi) is 6.06. The second kappa shape index (κ2) is 7.58. The predicted molar refractivity (Wildman–Crippen MR) is 89.3 cm³/mol. The number of nitrogens with zero attached hydrogens (tertiary/aromatic N) is 1. The highest BCUT2D eigenvalue weighted by Gasteiger charge is 2.23. The van der Waals surface area contributed by atoms with Gasteiger partial charge in [0, 0.05) is 28.9 Å². The number of rotatable bonds is 7. The highest BCUT2D eigenvalue weighted by Crippen LogP contribution is 2.27. The van der Waals surface area contributed by atoms with Gasteiger partial charge in [-0.25, -0.2) is 0 Å². The molecular weight excluding hydrogens is 264 g/mol. The van der Waals surface area contributed by atoms with Crippen molar-refractivity contribution in [2.24, 2.45) is 5.92 Å². The van der Waals surface area contributed by atoms with Gasteiger partial charge in [0.1, 0.15) is 0 Å². The minimum atomic E-state index is 0.727. The number of nitrogens with one attached hydrogen (secondary N) is 1. The van der Waals surface area contributed by atoms with E-state index in [4.69, 9.17) is 0 Å². The largest absolute Gasteiger partial charge is 0.312 e. The topological polar surface area (TPSA) is 15.3 Å². The maximum absolute atomic E-state index is 3.55. The van der Waals surface area contributed by atoms with Crippen LogP contribution in [0.5, 0.6) is 0 Å². The van der Waals surface area contributed by atoms with Gasteiger partial charge in [-0.3, -0.25) is 4.90 Å². The van der Waals surface area contributed by atoms with E-state index < -0.39 is 0 Å². The van der Waals surface area contributed by atoms with Gasteiger partial charge in [-0.15, -0.1) is 11.3 Å². The van der Waals surface area contributed by atoms with Crippen LogP contribution in [0.4, 0.5) is 0 Å². The molecule has 0 amide bonds. The monoisotopic (exact) mass is 294 g/mol. The lowest BCUT2D eigenvalue weighted by atomic mass is 10.1. The molecule has 0 spiro atoms. The molecule has 1 saturated heterocycles. The predicted octanol–water partition coefficient (Wildman–Crippen LogP) is 4.18. The van der Waals surface area contributed by atoms with Crippen LogP contribution in [0.25, 0.3) is 0 Å². The summed E-state index contributed by atoms with van der Waals surface area (Å²) in [6.07, 6.45) is 4.07. The van der Waals surface area contributed by atoms with E-state index in [-0.39, 0.29) is 0 Å². The van der Waals surface area contributed by atoms with Crippen molar-refractivity contribution in [3.63, 3.8) is 0 Å². The second-order valence-electron chi connectivity index (χ2n) is 6.49. The molecule has 0 aromatic carbocycles. The van der Waals surface area contributed by atoms with Gasteiger partial charge < -0.3 is 5.32 Å². The third kappa shape index (κ3) is 4.31. The fourth-order valence-corrected chi connectivity index (χ4v) is 4.12. The molecule has 1 unspecified atom stereocenters. The maximum Gasteiger partial charge on any atom is 0.0300 e. The second-order valence-corrected chi connectivity index (χ2v) is 7.83. The fourth-order valence-electron chi connectivity index (χ4n) is 3.10. The first-order valence-electron chi connectivity index (χ1n) is 8.13. The van der Waals surface area contributed by atoms with Gasteiger partial charge >= 0.3 is 0 Å². The molecule has 1 aliphatic heterocycles. The van der Waals surface area contributed by atoms with Crippen LogP contribution in [0.15, 0.2) is 6.07 Å². The van der Waals surface area contributed by atoms with Crippen molar-refractivity contribution in [2.75, 3.05) is 13.1 Å². The van der Waals surface area contributed by atoms with Gasteiger partial charge in [0.25, 0.3) is 0 Å². The molecule has 20 heavy (non-hydrogen) atoms. The third-order valence-electron chi connectivity index (χ3n) is 4.27. The molecular formula is C17H30N2S. The maximum atomic E-state index is 3.55. The lowest BCUT2D eigenvalue weighted by Gasteiger charge is -2.23. The van der Waals surface area contributed by atoms with E-state index in [2.05, 4.69) is 44.0 Å². The smallest absolute Gasteiger partial charge is 0.0300 e. The molecule has 0 bridgehead atoms. The molecule has 3 heteroatoms. The lowest BCUT2D eigenvalue weighted by molar-refractivity contribution is 0.240. The first-order chi connectivity index (χ1) is 9.60. The van der Waals surface area contributed by atoms with Crippen molar-refractivity contribution in [3.8, 4) is 0 Å². The molecule has 114 valence electrons. The van der Waals surface area contributed by atoms with Crippen LogP contribution in [0.3, 0.4) is 0 Å². The van der Waals surface area contributed by atoms with Crippen molar-refractivity contribution in [1.82, 2.24) is 10.2 Å². The normalized spacial score (nSPS) is 20.1. The van der Waals surface area contributed by atoms with Crippen LogP contribution in [-0.2, 0) is 13.1 Å². The Morgan fingerprint density at radius 1 is 1.45 bits per heavy atom. The average molecular weight is 295 g/mol. The van der Waals surface area contributed by atoms with Gasteiger partial charge in [-0.2, -0.15) is 0 Å². The van der Waals surface area contributed by atoms with Crippen molar-refractivity contribution < 1.29 is 0 Å². The molecule has 1 aromatic rings. The van der Waals surface area contributed by atoms with E-state index in [1.165, 1.54) is 35.6 Å². The molecule has 1 aromatic heterocycles. The van der Waals surface area contributed by atoms with E-state index in [1.807, 2.05) is 11.3 Å². The standard InChI is InChI=1S/C17H30N2S/c1-5-16-7-6-8-19(16)12-15-9-17(20-14(15)4)11-18-10-13(2)3/h9,13,16,18H,5-8,10-12H2,1-4H3. The number of hydrogen-bond acceptors (Lipinski definition) is 3. The highest BCUT2D eigenvalue weighted by atomic mass is 32.1. The van der Waals surface area contributed by atoms with E-state index in [1.54, 1.807) is 5.56 Å². The summed E-state index contributed by atoms with van der Waals surface area (Å²) in [5.74, 6) is 0.727. The summed E-state index contributed by atoms with van der Waals surface area (Å²) in [5, 5.41) is 3.55. The minimum absolute atomic E-state index is 0.727. The zero-order chi connectivity index (χ0) is 14.5. The summed E-state index contributed by atoms with van der Waals surface area (Å²) < 4.78 is 0. The Morgan fingerprint density at radius 2 is 2.25 bits per heavy atom. The molecule has 1 fully saturated rings. The van der Waals surface area contributed by atoms with Crippen LogP contribution in [0, 0.1) is 12.8 Å². The zero-order valence-corrected chi connectivity index (χ0v) is 14.4. The summed E-state index contributed by atoms with van der Waals surface area (Å²) in [6.45, 7) is 13.7. The number of likely N-dealkylation sites (tertiary alicyclic amines) is 1. The van der Waals surface area contributed by atoms with Crippen LogP contribution >= 0.6 is 11.3 Å². The number of hydrogen-bond donors (Lipinski definition) is 1. The highest BCUT2D eigenvalue weighted by molar-refractivity contribution is 7.12. The van der Waals surface area contributed by atoms with Gasteiger partial charge in [-0.1, -0.05) is 20.8 Å². The quantitative estimate of drug-likeness (QED) is 0.811. The molecule has 0 radical (unpaired) electrons. The Labute approximate surface area is 128 Å². The van der Waals surface area contributed by atoms with Crippen LogP contribution in [-0.4, -0.2) is 24.0 Å². The van der Waals surface area contributed by atoms with Gasteiger partial charge in [0.2, 0.25) is 0 Å². The summed E-state index contributed by atoms with van der Waals surface area (Å²) in [7, 11) is 0. The summed E-state index contributed by atoms with van der Waals surface area (Å²) in [5.41, 5.74) is 1.55. The molecule has 0 aliphatic carbocycles. The Hall–Kier alpha value is -0.380. The Bertz CT molecular complexity index is 411. The first kappa shape index (κ1) is 16.0. The van der Waals surface area contributed by atoms with Crippen LogP contribution in [0.1, 0.15) is 55.4 Å². The van der Waals surface area contributed by atoms with E-state index >= 15 is 0 Å². The van der Waals surface area contributed by atoms with Gasteiger partial charge in [-0.05, 0) is 56.8 Å². The van der Waals surface area contributed by atoms with Crippen molar-refractivity contribution >= 4 is 11.3 Å². The summed E-state index contributed by atoms with van der Waals surface area (Å²) >= 11 is 1.97. The van der Waals surface area contributed by atoms with Crippen LogP contribution in [0.2, 0.25) is 0 Å². The van der Waals surface area contributed by atoms with Crippen LogP contribution < -0.4 is 5.32 Å². The average Bonchev–Trinajstić information content (AvgIpc) is 2.97.